The average Bonchev–Trinajstić information content (AvgIpc) is 3.30. The molecule has 212 valence electrons. The summed E-state index contributed by atoms with van der Waals surface area (Å²) < 4.78 is 7.43. The quantitative estimate of drug-likeness (QED) is 0.307. The molecule has 2 saturated carbocycles. The highest BCUT2D eigenvalue weighted by molar-refractivity contribution is 5.91. The monoisotopic (exact) mass is 552 g/mol. The van der Waals surface area contributed by atoms with Crippen LogP contribution in [0.25, 0.3) is 28.1 Å². The molecule has 4 aromatic rings. The van der Waals surface area contributed by atoms with Crippen LogP contribution in [0, 0.1) is 12.8 Å². The third-order valence-corrected chi connectivity index (χ3v) is 9.09. The Balaban J connectivity index is 1.16. The van der Waals surface area contributed by atoms with Gasteiger partial charge in [-0.2, -0.15) is 10.1 Å². The number of imidazole rings is 1. The van der Waals surface area contributed by atoms with Crippen molar-refractivity contribution in [3.05, 3.63) is 59.2 Å². The number of aromatic nitrogens is 7. The van der Waals surface area contributed by atoms with Gasteiger partial charge in [-0.05, 0) is 76.0 Å². The predicted octanol–water partition coefficient (Wildman–Crippen LogP) is 5.85. The Bertz CT molecular complexity index is 1700. The lowest BCUT2D eigenvalue weighted by molar-refractivity contribution is 0.0926. The molecule has 10 heteroatoms. The first-order chi connectivity index (χ1) is 19.8. The number of aromatic amines is 1. The van der Waals surface area contributed by atoms with E-state index in [9.17, 15) is 4.79 Å². The number of allylic oxidation sites excluding steroid dienone is 3. The average molecular weight is 553 g/mol. The summed E-state index contributed by atoms with van der Waals surface area (Å²) in [6, 6.07) is 2.31. The fourth-order valence-corrected chi connectivity index (χ4v) is 6.38. The minimum absolute atomic E-state index is 0.0389. The summed E-state index contributed by atoms with van der Waals surface area (Å²) in [5, 5.41) is 11.8. The van der Waals surface area contributed by atoms with E-state index in [1.54, 1.807) is 0 Å². The number of pyridine rings is 1. The van der Waals surface area contributed by atoms with Crippen LogP contribution in [0.4, 0.5) is 0 Å². The van der Waals surface area contributed by atoms with Gasteiger partial charge in [0.25, 0.3) is 11.7 Å². The number of nitrogens with zero attached hydrogens (tertiary/aromatic N) is 6. The Kier molecular flexibility index (Phi) is 6.17. The first kappa shape index (κ1) is 25.9. The second-order valence-corrected chi connectivity index (χ2v) is 12.4. The van der Waals surface area contributed by atoms with Gasteiger partial charge in [0, 0.05) is 28.9 Å². The number of carbonyl (C=O) groups excluding carboxylic acids is 1. The summed E-state index contributed by atoms with van der Waals surface area (Å²) >= 11 is 0. The maximum Gasteiger partial charge on any atom is 0.293 e. The normalized spacial score (nSPS) is 21.8. The molecule has 3 aliphatic rings. The molecule has 2 N–H and O–H groups in total. The molecule has 2 atom stereocenters. The van der Waals surface area contributed by atoms with E-state index >= 15 is 0 Å². The molecule has 7 rings (SSSR count). The van der Waals surface area contributed by atoms with Crippen LogP contribution in [0.15, 0.2) is 40.7 Å². The van der Waals surface area contributed by atoms with Gasteiger partial charge in [0.05, 0.1) is 23.3 Å². The minimum Gasteiger partial charge on any atom is -0.343 e. The summed E-state index contributed by atoms with van der Waals surface area (Å²) in [6.45, 7) is 8.42. The minimum atomic E-state index is -0.262. The Labute approximate surface area is 238 Å². The van der Waals surface area contributed by atoms with Crippen LogP contribution in [-0.2, 0) is 5.41 Å². The Morgan fingerprint density at radius 2 is 2.00 bits per heavy atom. The number of hydrogen-bond donors (Lipinski definition) is 2. The van der Waals surface area contributed by atoms with E-state index in [0.29, 0.717) is 17.5 Å². The predicted molar refractivity (Wildman–Crippen MR) is 155 cm³/mol. The van der Waals surface area contributed by atoms with Crippen molar-refractivity contribution < 1.29 is 9.32 Å². The Morgan fingerprint density at radius 1 is 1.17 bits per heavy atom. The molecule has 4 aromatic heterocycles. The van der Waals surface area contributed by atoms with Gasteiger partial charge >= 0.3 is 0 Å². The second kappa shape index (κ2) is 9.78. The van der Waals surface area contributed by atoms with E-state index in [2.05, 4.69) is 76.4 Å². The molecule has 1 unspecified atom stereocenters. The highest BCUT2D eigenvalue weighted by atomic mass is 16.5. The molecule has 0 radical (unpaired) electrons. The molecule has 41 heavy (non-hydrogen) atoms. The van der Waals surface area contributed by atoms with E-state index in [4.69, 9.17) is 9.51 Å². The zero-order valence-corrected chi connectivity index (χ0v) is 24.1. The number of fused-ring (bicyclic) bond motifs is 2. The second-order valence-electron chi connectivity index (χ2n) is 12.4. The number of amides is 1. The summed E-state index contributed by atoms with van der Waals surface area (Å²) in [4.78, 5) is 30.5. The third kappa shape index (κ3) is 4.59. The lowest BCUT2D eigenvalue weighted by atomic mass is 9.80. The zero-order valence-electron chi connectivity index (χ0n) is 24.1. The number of hydrogen-bond acceptors (Lipinski definition) is 7. The van der Waals surface area contributed by atoms with Crippen LogP contribution in [0.3, 0.4) is 0 Å². The summed E-state index contributed by atoms with van der Waals surface area (Å²) in [5.41, 5.74) is 7.31. The van der Waals surface area contributed by atoms with Crippen molar-refractivity contribution in [2.75, 3.05) is 0 Å². The van der Waals surface area contributed by atoms with Crippen LogP contribution in [0.2, 0.25) is 0 Å². The fraction of sp³-hybridized carbons (Fsp3) is 0.484. The van der Waals surface area contributed by atoms with Crippen molar-refractivity contribution in [1.29, 1.82) is 0 Å². The van der Waals surface area contributed by atoms with E-state index in [-0.39, 0.29) is 29.2 Å². The van der Waals surface area contributed by atoms with Crippen molar-refractivity contribution >= 4 is 22.6 Å². The molecule has 0 saturated heterocycles. The molecule has 0 bridgehead atoms. The topological polar surface area (TPSA) is 127 Å². The van der Waals surface area contributed by atoms with Gasteiger partial charge in [0.1, 0.15) is 5.82 Å². The maximum absolute atomic E-state index is 13.1. The molecule has 3 aliphatic carbocycles. The van der Waals surface area contributed by atoms with Gasteiger partial charge in [0.15, 0.2) is 5.65 Å². The smallest absolute Gasteiger partial charge is 0.293 e. The first-order valence-corrected chi connectivity index (χ1v) is 14.8. The first-order valence-electron chi connectivity index (χ1n) is 14.8. The third-order valence-electron chi connectivity index (χ3n) is 9.09. The number of nitrogens with one attached hydrogen (secondary N) is 2. The SMILES string of the molecule is Cc1c(-c2nc3nccc(C4=CC=C5C(CCCC[C@H]5NC(=O)c5noc(C6(C)CC6)n5)C4)c3[nH]2)cnn1C(C)C. The van der Waals surface area contributed by atoms with Crippen molar-refractivity contribution in [2.24, 2.45) is 5.92 Å². The van der Waals surface area contributed by atoms with Gasteiger partial charge < -0.3 is 14.8 Å². The highest BCUT2D eigenvalue weighted by Crippen LogP contribution is 2.46. The van der Waals surface area contributed by atoms with E-state index in [0.717, 1.165) is 73.1 Å². The van der Waals surface area contributed by atoms with Gasteiger partial charge in [-0.15, -0.1) is 0 Å². The maximum atomic E-state index is 13.1. The number of rotatable bonds is 6. The molecule has 10 nitrogen and oxygen atoms in total. The van der Waals surface area contributed by atoms with Crippen LogP contribution < -0.4 is 5.32 Å². The van der Waals surface area contributed by atoms with Crippen LogP contribution in [0.1, 0.15) is 99.5 Å². The fourth-order valence-electron chi connectivity index (χ4n) is 6.38. The molecule has 0 aliphatic heterocycles. The number of carbonyl (C=O) groups is 1. The molecule has 0 aromatic carbocycles. The lowest BCUT2D eigenvalue weighted by Crippen LogP contribution is -2.38. The summed E-state index contributed by atoms with van der Waals surface area (Å²) in [6.07, 6.45) is 15.3. The van der Waals surface area contributed by atoms with E-state index in [1.165, 1.54) is 11.1 Å². The highest BCUT2D eigenvalue weighted by Gasteiger charge is 2.45. The van der Waals surface area contributed by atoms with Crippen LogP contribution in [0.5, 0.6) is 0 Å². The molecular formula is C31H36N8O2. The van der Waals surface area contributed by atoms with Crippen molar-refractivity contribution in [2.45, 2.75) is 90.1 Å². The van der Waals surface area contributed by atoms with Crippen LogP contribution in [-0.4, -0.2) is 46.8 Å². The van der Waals surface area contributed by atoms with Crippen molar-refractivity contribution in [1.82, 2.24) is 40.2 Å². The molecule has 4 heterocycles. The Hall–Kier alpha value is -4.08. The number of H-pyrrole nitrogens is 1. The molecular weight excluding hydrogens is 516 g/mol. The van der Waals surface area contributed by atoms with Gasteiger partial charge in [-0.3, -0.25) is 9.48 Å². The zero-order chi connectivity index (χ0) is 28.3. The summed E-state index contributed by atoms with van der Waals surface area (Å²) in [5.74, 6) is 1.58. The van der Waals surface area contributed by atoms with Crippen LogP contribution >= 0.6 is 0 Å². The molecule has 2 fully saturated rings. The lowest BCUT2D eigenvalue weighted by Gasteiger charge is -2.29. The standard InChI is InChI=1S/C31H36N8O2/c1-17(2)39-18(3)23(16-33-39)26-35-25-22(11-14-32-27(25)36-26)20-9-10-21-19(15-20)7-5-6-8-24(21)34-29(40)28-37-30(41-38-28)31(4)12-13-31/h9-11,14,16-17,19,24H,5-8,12-13,15H2,1-4H3,(H,34,40)(H,32,35,36)/t19?,24-/m1/s1. The van der Waals surface area contributed by atoms with Gasteiger partial charge in [-0.25, -0.2) is 9.97 Å². The Morgan fingerprint density at radius 3 is 2.78 bits per heavy atom. The van der Waals surface area contributed by atoms with Crippen molar-refractivity contribution in [3.63, 3.8) is 0 Å². The van der Waals surface area contributed by atoms with E-state index < -0.39 is 0 Å². The summed E-state index contributed by atoms with van der Waals surface area (Å²) in [7, 11) is 0. The van der Waals surface area contributed by atoms with Crippen molar-refractivity contribution in [3.8, 4) is 11.4 Å². The molecule has 0 spiro atoms. The van der Waals surface area contributed by atoms with Gasteiger partial charge in [0.2, 0.25) is 5.89 Å². The molecule has 1 amide bonds. The van der Waals surface area contributed by atoms with Gasteiger partial charge in [-0.1, -0.05) is 37.1 Å². The largest absolute Gasteiger partial charge is 0.343 e. The van der Waals surface area contributed by atoms with E-state index in [1.807, 2.05) is 17.1 Å².